The molecule has 2 aliphatic heterocycles. The van der Waals surface area contributed by atoms with Crippen molar-refractivity contribution in [2.45, 2.75) is 58.4 Å². The molecule has 2 unspecified atom stereocenters. The van der Waals surface area contributed by atoms with Gasteiger partial charge in [0.2, 0.25) is 5.91 Å². The monoisotopic (exact) mass is 353 g/mol. The van der Waals surface area contributed by atoms with Gasteiger partial charge in [0.05, 0.1) is 6.42 Å². The number of urea groups is 1. The van der Waals surface area contributed by atoms with Gasteiger partial charge in [-0.25, -0.2) is 4.79 Å². The molecule has 0 aromatic heterocycles. The Kier molecular flexibility index (Phi) is 7.08. The van der Waals surface area contributed by atoms with Crippen molar-refractivity contribution in [2.24, 2.45) is 11.8 Å². The van der Waals surface area contributed by atoms with E-state index in [0.29, 0.717) is 32.0 Å². The van der Waals surface area contributed by atoms with Crippen LogP contribution in [-0.2, 0) is 9.59 Å². The first-order valence-corrected chi connectivity index (χ1v) is 9.40. The van der Waals surface area contributed by atoms with Gasteiger partial charge >= 0.3 is 12.0 Å². The zero-order valence-electron chi connectivity index (χ0n) is 15.4. The molecule has 0 aliphatic carbocycles. The number of hydrogen-bond donors (Lipinski definition) is 2. The van der Waals surface area contributed by atoms with Gasteiger partial charge in [0.1, 0.15) is 0 Å². The van der Waals surface area contributed by atoms with E-state index in [1.807, 2.05) is 4.90 Å². The van der Waals surface area contributed by atoms with Crippen LogP contribution in [0.3, 0.4) is 0 Å². The van der Waals surface area contributed by atoms with Gasteiger partial charge in [-0.05, 0) is 37.5 Å². The van der Waals surface area contributed by atoms with Gasteiger partial charge in [0.25, 0.3) is 0 Å². The smallest absolute Gasteiger partial charge is 0.317 e. The van der Waals surface area contributed by atoms with Gasteiger partial charge in [0.15, 0.2) is 0 Å². The second-order valence-electron chi connectivity index (χ2n) is 7.72. The van der Waals surface area contributed by atoms with Crippen LogP contribution >= 0.6 is 0 Å². The van der Waals surface area contributed by atoms with Crippen molar-refractivity contribution in [3.8, 4) is 0 Å². The van der Waals surface area contributed by atoms with E-state index in [1.54, 1.807) is 4.90 Å². The third kappa shape index (κ3) is 5.90. The fourth-order valence-electron chi connectivity index (χ4n) is 3.76. The molecule has 0 spiro atoms. The lowest BCUT2D eigenvalue weighted by molar-refractivity contribution is -0.140. The molecule has 2 fully saturated rings. The number of nitrogens with one attached hydrogen (secondary N) is 1. The van der Waals surface area contributed by atoms with E-state index in [2.05, 4.69) is 19.2 Å². The first kappa shape index (κ1) is 19.5. The van der Waals surface area contributed by atoms with Crippen LogP contribution in [0.5, 0.6) is 0 Å². The molecule has 3 amide bonds. The summed E-state index contributed by atoms with van der Waals surface area (Å²) in [5.74, 6) is -0.238. The van der Waals surface area contributed by atoms with Crippen molar-refractivity contribution < 1.29 is 19.5 Å². The van der Waals surface area contributed by atoms with Crippen molar-refractivity contribution in [3.05, 3.63) is 0 Å². The van der Waals surface area contributed by atoms with Crippen molar-refractivity contribution >= 4 is 17.9 Å². The van der Waals surface area contributed by atoms with Crippen LogP contribution in [0, 0.1) is 11.8 Å². The number of carbonyl (C=O) groups is 3. The minimum absolute atomic E-state index is 0.0279. The summed E-state index contributed by atoms with van der Waals surface area (Å²) in [6, 6.07) is -0.213. The van der Waals surface area contributed by atoms with Crippen LogP contribution in [0.2, 0.25) is 0 Å². The normalized spacial score (nSPS) is 23.8. The van der Waals surface area contributed by atoms with Gasteiger partial charge in [-0.3, -0.25) is 9.59 Å². The molecule has 2 atom stereocenters. The third-order valence-electron chi connectivity index (χ3n) is 5.04. The Balaban J connectivity index is 1.84. The van der Waals surface area contributed by atoms with E-state index in [-0.39, 0.29) is 30.3 Å². The van der Waals surface area contributed by atoms with E-state index in [1.165, 1.54) is 0 Å². The standard InChI is InChI=1S/C18H31N3O4/c1-13(2)11-19-18(25)20-7-3-5-14(12-20)9-16(22)21-8-4-6-15(21)10-17(23)24/h13-15H,3-12H2,1-2H3,(H,19,25)(H,23,24). The molecule has 0 aromatic carbocycles. The Morgan fingerprint density at radius 1 is 1.12 bits per heavy atom. The molecule has 2 N–H and O–H groups in total. The van der Waals surface area contributed by atoms with Gasteiger partial charge in [-0.1, -0.05) is 13.8 Å². The number of hydrogen-bond acceptors (Lipinski definition) is 3. The number of aliphatic carboxylic acids is 1. The molecule has 0 aromatic rings. The lowest BCUT2D eigenvalue weighted by atomic mass is 9.94. The summed E-state index contributed by atoms with van der Waals surface area (Å²) in [4.78, 5) is 39.3. The molecule has 142 valence electrons. The van der Waals surface area contributed by atoms with E-state index in [0.717, 1.165) is 32.2 Å². The van der Waals surface area contributed by atoms with Crippen molar-refractivity contribution in [1.82, 2.24) is 15.1 Å². The summed E-state index contributed by atoms with van der Waals surface area (Å²) in [5.41, 5.74) is 0. The van der Waals surface area contributed by atoms with Gasteiger partial charge < -0.3 is 20.2 Å². The number of likely N-dealkylation sites (tertiary alicyclic amines) is 2. The second kappa shape index (κ2) is 9.06. The topological polar surface area (TPSA) is 90.0 Å². The minimum Gasteiger partial charge on any atom is -0.481 e. The average molecular weight is 353 g/mol. The SMILES string of the molecule is CC(C)CNC(=O)N1CCCC(CC(=O)N2CCCC2CC(=O)O)C1. The van der Waals surface area contributed by atoms with Crippen molar-refractivity contribution in [3.63, 3.8) is 0 Å². The molecule has 2 saturated heterocycles. The Morgan fingerprint density at radius 3 is 2.52 bits per heavy atom. The molecular formula is C18H31N3O4. The number of piperidine rings is 1. The molecule has 25 heavy (non-hydrogen) atoms. The van der Waals surface area contributed by atoms with Crippen LogP contribution in [-0.4, -0.2) is 65.0 Å². The highest BCUT2D eigenvalue weighted by Gasteiger charge is 2.33. The fourth-order valence-corrected chi connectivity index (χ4v) is 3.76. The minimum atomic E-state index is -0.852. The molecule has 0 bridgehead atoms. The zero-order valence-corrected chi connectivity index (χ0v) is 15.4. The number of amides is 3. The second-order valence-corrected chi connectivity index (χ2v) is 7.72. The van der Waals surface area contributed by atoms with Gasteiger partial charge in [-0.2, -0.15) is 0 Å². The third-order valence-corrected chi connectivity index (χ3v) is 5.04. The lowest BCUT2D eigenvalue weighted by Gasteiger charge is -2.34. The zero-order chi connectivity index (χ0) is 18.4. The Morgan fingerprint density at radius 2 is 1.84 bits per heavy atom. The van der Waals surface area contributed by atoms with Gasteiger partial charge in [-0.15, -0.1) is 0 Å². The lowest BCUT2D eigenvalue weighted by Crippen LogP contribution is -2.47. The fraction of sp³-hybridized carbons (Fsp3) is 0.833. The Labute approximate surface area is 149 Å². The first-order chi connectivity index (χ1) is 11.9. The van der Waals surface area contributed by atoms with Crippen LogP contribution in [0.4, 0.5) is 4.79 Å². The highest BCUT2D eigenvalue weighted by atomic mass is 16.4. The van der Waals surface area contributed by atoms with Gasteiger partial charge in [0, 0.05) is 38.6 Å². The highest BCUT2D eigenvalue weighted by molar-refractivity contribution is 5.78. The first-order valence-electron chi connectivity index (χ1n) is 9.40. The van der Waals surface area contributed by atoms with Crippen LogP contribution in [0.15, 0.2) is 0 Å². The van der Waals surface area contributed by atoms with Crippen molar-refractivity contribution in [2.75, 3.05) is 26.2 Å². The molecule has 0 radical (unpaired) electrons. The number of rotatable bonds is 6. The molecule has 7 nitrogen and oxygen atoms in total. The Hall–Kier alpha value is -1.79. The average Bonchev–Trinajstić information content (AvgIpc) is 3.00. The van der Waals surface area contributed by atoms with Crippen LogP contribution in [0.1, 0.15) is 52.4 Å². The van der Waals surface area contributed by atoms with Crippen LogP contribution in [0.25, 0.3) is 0 Å². The molecule has 2 heterocycles. The number of carboxylic acids is 1. The van der Waals surface area contributed by atoms with E-state index in [4.69, 9.17) is 5.11 Å². The molecule has 2 rings (SSSR count). The highest BCUT2D eigenvalue weighted by Crippen LogP contribution is 2.25. The largest absolute Gasteiger partial charge is 0.481 e. The van der Waals surface area contributed by atoms with Crippen molar-refractivity contribution in [1.29, 1.82) is 0 Å². The molecule has 0 saturated carbocycles. The maximum absolute atomic E-state index is 12.6. The quantitative estimate of drug-likeness (QED) is 0.763. The summed E-state index contributed by atoms with van der Waals surface area (Å²) >= 11 is 0. The maximum Gasteiger partial charge on any atom is 0.317 e. The number of carbonyl (C=O) groups excluding carboxylic acids is 2. The van der Waals surface area contributed by atoms with Crippen LogP contribution < -0.4 is 5.32 Å². The summed E-state index contributed by atoms with van der Waals surface area (Å²) < 4.78 is 0. The predicted molar refractivity (Wildman–Crippen MR) is 94.1 cm³/mol. The summed E-state index contributed by atoms with van der Waals surface area (Å²) in [6.45, 7) is 6.77. The molecular weight excluding hydrogens is 322 g/mol. The van der Waals surface area contributed by atoms with E-state index in [9.17, 15) is 14.4 Å². The molecule has 7 heteroatoms. The number of nitrogens with zero attached hydrogens (tertiary/aromatic N) is 2. The summed E-state index contributed by atoms with van der Waals surface area (Å²) in [5, 5.41) is 11.9. The predicted octanol–water partition coefficient (Wildman–Crippen LogP) is 1.92. The Bertz CT molecular complexity index is 495. The summed E-state index contributed by atoms with van der Waals surface area (Å²) in [6.07, 6.45) is 3.93. The maximum atomic E-state index is 12.6. The molecule has 2 aliphatic rings. The number of carboxylic acid groups (broad SMARTS) is 1. The van der Waals surface area contributed by atoms with E-state index < -0.39 is 5.97 Å². The summed E-state index contributed by atoms with van der Waals surface area (Å²) in [7, 11) is 0. The van der Waals surface area contributed by atoms with E-state index >= 15 is 0 Å².